The van der Waals surface area contributed by atoms with Crippen LogP contribution in [0.1, 0.15) is 24.1 Å². The summed E-state index contributed by atoms with van der Waals surface area (Å²) in [6.07, 6.45) is 3.33. The number of ether oxygens (including phenoxy) is 2. The van der Waals surface area contributed by atoms with E-state index in [1.165, 1.54) is 12.8 Å². The van der Waals surface area contributed by atoms with Gasteiger partial charge in [0.2, 0.25) is 5.88 Å². The molecule has 1 fully saturated rings. The summed E-state index contributed by atoms with van der Waals surface area (Å²) in [5.41, 5.74) is 2.11. The fourth-order valence-electron chi connectivity index (χ4n) is 2.90. The number of methoxy groups -OCH3 is 1. The van der Waals surface area contributed by atoms with Crippen LogP contribution in [0.25, 0.3) is 0 Å². The van der Waals surface area contributed by atoms with Crippen molar-refractivity contribution in [2.75, 3.05) is 33.9 Å². The van der Waals surface area contributed by atoms with Crippen molar-refractivity contribution < 1.29 is 9.47 Å². The third kappa shape index (κ3) is 2.71. The van der Waals surface area contributed by atoms with E-state index in [-0.39, 0.29) is 0 Å². The minimum Gasteiger partial charge on any atom is -0.481 e. The number of rotatable bonds is 4. The quantitative estimate of drug-likeness (QED) is 0.870. The van der Waals surface area contributed by atoms with E-state index in [0.717, 1.165) is 37.3 Å². The van der Waals surface area contributed by atoms with Gasteiger partial charge in [-0.2, -0.15) is 9.97 Å². The maximum atomic E-state index is 5.80. The zero-order chi connectivity index (χ0) is 13.9. The average molecular weight is 278 g/mol. The smallest absolute Gasteiger partial charge is 0.320 e. The number of nitrogens with zero attached hydrogens (tertiary/aromatic N) is 3. The molecule has 1 atom stereocenters. The van der Waals surface area contributed by atoms with Crippen LogP contribution in [0.2, 0.25) is 0 Å². The Bertz CT molecular complexity index is 463. The average Bonchev–Trinajstić information content (AvgIpc) is 2.89. The number of likely N-dealkylation sites (N-methyl/N-ethyl adjacent to an activating group) is 1. The SMILES string of the molecule is COc1nc(OCC2CCCN2C)nc2c1CCNC2. The first-order valence-electron chi connectivity index (χ1n) is 7.25. The molecule has 2 aliphatic rings. The first kappa shape index (κ1) is 13.6. The Hall–Kier alpha value is -1.40. The molecule has 3 rings (SSSR count). The highest BCUT2D eigenvalue weighted by Gasteiger charge is 2.23. The number of hydrogen-bond donors (Lipinski definition) is 1. The van der Waals surface area contributed by atoms with Gasteiger partial charge < -0.3 is 19.7 Å². The molecule has 0 saturated carbocycles. The summed E-state index contributed by atoms with van der Waals surface area (Å²) in [5, 5.41) is 3.31. The second-order valence-corrected chi connectivity index (χ2v) is 5.46. The summed E-state index contributed by atoms with van der Waals surface area (Å²) in [4.78, 5) is 11.2. The van der Waals surface area contributed by atoms with E-state index in [1.807, 2.05) is 0 Å². The van der Waals surface area contributed by atoms with Crippen molar-refractivity contribution in [3.8, 4) is 11.9 Å². The largest absolute Gasteiger partial charge is 0.481 e. The van der Waals surface area contributed by atoms with E-state index in [9.17, 15) is 0 Å². The molecule has 0 aliphatic carbocycles. The van der Waals surface area contributed by atoms with E-state index >= 15 is 0 Å². The highest BCUT2D eigenvalue weighted by atomic mass is 16.5. The summed E-state index contributed by atoms with van der Waals surface area (Å²) in [7, 11) is 3.79. The molecule has 1 aromatic heterocycles. The van der Waals surface area contributed by atoms with Gasteiger partial charge in [0.05, 0.1) is 12.8 Å². The minimum absolute atomic E-state index is 0.435. The Morgan fingerprint density at radius 1 is 1.40 bits per heavy atom. The third-order valence-electron chi connectivity index (χ3n) is 4.15. The van der Waals surface area contributed by atoms with Crippen LogP contribution >= 0.6 is 0 Å². The zero-order valence-corrected chi connectivity index (χ0v) is 12.2. The minimum atomic E-state index is 0.435. The molecule has 0 aromatic carbocycles. The van der Waals surface area contributed by atoms with Crippen LogP contribution < -0.4 is 14.8 Å². The summed E-state index contributed by atoms with van der Waals surface area (Å²) >= 11 is 0. The molecule has 1 unspecified atom stereocenters. The molecule has 1 saturated heterocycles. The Labute approximate surface area is 119 Å². The molecular formula is C14H22N4O2. The van der Waals surface area contributed by atoms with Crippen molar-refractivity contribution in [1.82, 2.24) is 20.2 Å². The van der Waals surface area contributed by atoms with E-state index in [4.69, 9.17) is 9.47 Å². The van der Waals surface area contributed by atoms with Gasteiger partial charge in [0.25, 0.3) is 0 Å². The molecule has 0 radical (unpaired) electrons. The third-order valence-corrected chi connectivity index (χ3v) is 4.15. The molecule has 20 heavy (non-hydrogen) atoms. The second kappa shape index (κ2) is 5.93. The fraction of sp³-hybridized carbons (Fsp3) is 0.714. The second-order valence-electron chi connectivity index (χ2n) is 5.46. The topological polar surface area (TPSA) is 59.5 Å². The molecule has 1 N–H and O–H groups in total. The lowest BCUT2D eigenvalue weighted by Gasteiger charge is -2.21. The van der Waals surface area contributed by atoms with Crippen molar-refractivity contribution >= 4 is 0 Å². The summed E-state index contributed by atoms with van der Waals surface area (Å²) in [6.45, 7) is 3.49. The van der Waals surface area contributed by atoms with Gasteiger partial charge in [-0.05, 0) is 39.4 Å². The monoisotopic (exact) mass is 278 g/mol. The first-order valence-corrected chi connectivity index (χ1v) is 7.25. The number of nitrogens with one attached hydrogen (secondary N) is 1. The summed E-state index contributed by atoms with van der Waals surface area (Å²) in [5.74, 6) is 0.659. The van der Waals surface area contributed by atoms with Crippen LogP contribution in [0.5, 0.6) is 11.9 Å². The molecular weight excluding hydrogens is 256 g/mol. The predicted molar refractivity (Wildman–Crippen MR) is 75.1 cm³/mol. The highest BCUT2D eigenvalue weighted by molar-refractivity contribution is 5.34. The van der Waals surface area contributed by atoms with E-state index < -0.39 is 0 Å². The number of aromatic nitrogens is 2. The molecule has 6 nitrogen and oxygen atoms in total. The lowest BCUT2D eigenvalue weighted by molar-refractivity contribution is 0.185. The van der Waals surface area contributed by atoms with Crippen molar-refractivity contribution in [3.05, 3.63) is 11.3 Å². The lowest BCUT2D eigenvalue weighted by atomic mass is 10.1. The molecule has 1 aromatic rings. The van der Waals surface area contributed by atoms with Crippen LogP contribution in [0.15, 0.2) is 0 Å². The number of hydrogen-bond acceptors (Lipinski definition) is 6. The van der Waals surface area contributed by atoms with Gasteiger partial charge in [0.15, 0.2) is 0 Å². The summed E-state index contributed by atoms with van der Waals surface area (Å²) in [6, 6.07) is 0.906. The molecule has 6 heteroatoms. The maximum absolute atomic E-state index is 5.80. The van der Waals surface area contributed by atoms with Gasteiger partial charge >= 0.3 is 6.01 Å². The predicted octanol–water partition coefficient (Wildman–Crippen LogP) is 0.604. The Balaban J connectivity index is 1.73. The van der Waals surface area contributed by atoms with Gasteiger partial charge in [-0.25, -0.2) is 0 Å². The normalized spacial score (nSPS) is 22.6. The van der Waals surface area contributed by atoms with E-state index in [2.05, 4.69) is 27.2 Å². The van der Waals surface area contributed by atoms with Gasteiger partial charge in [0.1, 0.15) is 6.61 Å². The van der Waals surface area contributed by atoms with Crippen LogP contribution in [0, 0.1) is 0 Å². The molecule has 0 bridgehead atoms. The van der Waals surface area contributed by atoms with Crippen molar-refractivity contribution in [1.29, 1.82) is 0 Å². The van der Waals surface area contributed by atoms with E-state index in [0.29, 0.717) is 24.5 Å². The van der Waals surface area contributed by atoms with Gasteiger partial charge in [0, 0.05) is 18.2 Å². The van der Waals surface area contributed by atoms with Crippen molar-refractivity contribution in [2.45, 2.75) is 31.8 Å². The first-order chi connectivity index (χ1) is 9.78. The Kier molecular flexibility index (Phi) is 4.03. The lowest BCUT2D eigenvalue weighted by Crippen LogP contribution is -2.31. The number of fused-ring (bicyclic) bond motifs is 1. The van der Waals surface area contributed by atoms with Gasteiger partial charge in [-0.1, -0.05) is 0 Å². The molecule has 110 valence electrons. The van der Waals surface area contributed by atoms with Crippen LogP contribution in [0.4, 0.5) is 0 Å². The van der Waals surface area contributed by atoms with Crippen molar-refractivity contribution in [2.24, 2.45) is 0 Å². The summed E-state index contributed by atoms with van der Waals surface area (Å²) < 4.78 is 11.2. The highest BCUT2D eigenvalue weighted by Crippen LogP contribution is 2.25. The van der Waals surface area contributed by atoms with Crippen molar-refractivity contribution in [3.63, 3.8) is 0 Å². The van der Waals surface area contributed by atoms with E-state index in [1.54, 1.807) is 7.11 Å². The molecule has 0 amide bonds. The number of likely N-dealkylation sites (tertiary alicyclic amines) is 1. The molecule has 2 aliphatic heterocycles. The Morgan fingerprint density at radius 2 is 2.30 bits per heavy atom. The van der Waals surface area contributed by atoms with Gasteiger partial charge in [-0.15, -0.1) is 0 Å². The maximum Gasteiger partial charge on any atom is 0.320 e. The fourth-order valence-corrected chi connectivity index (χ4v) is 2.90. The van der Waals surface area contributed by atoms with Crippen LogP contribution in [0.3, 0.4) is 0 Å². The zero-order valence-electron chi connectivity index (χ0n) is 12.2. The Morgan fingerprint density at radius 3 is 3.05 bits per heavy atom. The van der Waals surface area contributed by atoms with Crippen LogP contribution in [-0.4, -0.2) is 54.8 Å². The standard InChI is InChI=1S/C14H22N4O2/c1-18-7-3-4-10(18)9-20-14-16-12-8-15-6-5-11(12)13(17-14)19-2/h10,15H,3-9H2,1-2H3. The van der Waals surface area contributed by atoms with Gasteiger partial charge in [-0.3, -0.25) is 0 Å². The molecule has 0 spiro atoms. The van der Waals surface area contributed by atoms with Crippen LogP contribution in [-0.2, 0) is 13.0 Å². The molecule has 3 heterocycles.